The van der Waals surface area contributed by atoms with Crippen molar-refractivity contribution in [1.29, 1.82) is 0 Å². The van der Waals surface area contributed by atoms with E-state index in [1.807, 2.05) is 4.90 Å². The van der Waals surface area contributed by atoms with E-state index in [-0.39, 0.29) is 24.1 Å². The molecule has 0 spiro atoms. The predicted molar refractivity (Wildman–Crippen MR) is 118 cm³/mol. The third-order valence-corrected chi connectivity index (χ3v) is 6.92. The van der Waals surface area contributed by atoms with Gasteiger partial charge in [-0.1, -0.05) is 37.3 Å². The number of amides is 1. The highest BCUT2D eigenvalue weighted by molar-refractivity contribution is 5.89. The van der Waals surface area contributed by atoms with Gasteiger partial charge in [0.25, 0.3) is 0 Å². The van der Waals surface area contributed by atoms with Crippen LogP contribution in [0.1, 0.15) is 38.2 Å². The average Bonchev–Trinajstić information content (AvgIpc) is 3.21. The van der Waals surface area contributed by atoms with E-state index in [0.717, 1.165) is 57.5 Å². The maximum absolute atomic E-state index is 11.6. The molecule has 1 aromatic carbocycles. The van der Waals surface area contributed by atoms with Crippen LogP contribution in [-0.2, 0) is 30.2 Å². The van der Waals surface area contributed by atoms with Crippen molar-refractivity contribution in [2.24, 2.45) is 23.7 Å². The number of carbonyl (C=O) groups is 2. The van der Waals surface area contributed by atoms with Crippen LogP contribution in [0.25, 0.3) is 0 Å². The number of fused-ring (bicyclic) bond motifs is 1. The van der Waals surface area contributed by atoms with E-state index in [4.69, 9.17) is 14.2 Å². The van der Waals surface area contributed by atoms with Gasteiger partial charge < -0.3 is 19.1 Å². The first-order valence-corrected chi connectivity index (χ1v) is 11.3. The topological polar surface area (TPSA) is 65.1 Å². The first-order valence-electron chi connectivity index (χ1n) is 11.3. The van der Waals surface area contributed by atoms with Gasteiger partial charge in [-0.3, -0.25) is 4.79 Å². The molecule has 2 heterocycles. The summed E-state index contributed by atoms with van der Waals surface area (Å²) >= 11 is 0. The van der Waals surface area contributed by atoms with Gasteiger partial charge in [-0.25, -0.2) is 4.79 Å². The fourth-order valence-electron chi connectivity index (χ4n) is 5.10. The van der Waals surface area contributed by atoms with Crippen molar-refractivity contribution in [3.05, 3.63) is 47.7 Å². The molecule has 31 heavy (non-hydrogen) atoms. The quantitative estimate of drug-likeness (QED) is 0.526. The zero-order chi connectivity index (χ0) is 22.2. The van der Waals surface area contributed by atoms with Crippen LogP contribution in [-0.4, -0.2) is 50.9 Å². The molecular formula is C25H35NO5. The van der Waals surface area contributed by atoms with Crippen molar-refractivity contribution in [3.8, 4) is 0 Å². The maximum atomic E-state index is 11.6. The highest BCUT2D eigenvalue weighted by Gasteiger charge is 2.46. The number of hydrogen-bond acceptors (Lipinski definition) is 5. The lowest BCUT2D eigenvalue weighted by molar-refractivity contribution is -0.153. The lowest BCUT2D eigenvalue weighted by atomic mass is 9.83. The summed E-state index contributed by atoms with van der Waals surface area (Å²) < 4.78 is 15.6. The SMILES string of the molecule is COC(=O)C1=COC(OC)C2C(C)CCC12.O=CN1CCC(Cc2ccccc2)CC1. The lowest BCUT2D eigenvalue weighted by Gasteiger charge is -2.34. The van der Waals surface area contributed by atoms with Crippen LogP contribution in [0.5, 0.6) is 0 Å². The Bertz CT molecular complexity index is 742. The van der Waals surface area contributed by atoms with Crippen molar-refractivity contribution in [2.45, 2.75) is 45.3 Å². The molecule has 4 atom stereocenters. The van der Waals surface area contributed by atoms with Crippen molar-refractivity contribution in [3.63, 3.8) is 0 Å². The fourth-order valence-corrected chi connectivity index (χ4v) is 5.10. The summed E-state index contributed by atoms with van der Waals surface area (Å²) in [6.45, 7) is 4.04. The van der Waals surface area contributed by atoms with Crippen LogP contribution in [0.3, 0.4) is 0 Å². The van der Waals surface area contributed by atoms with Crippen LogP contribution >= 0.6 is 0 Å². The van der Waals surface area contributed by atoms with E-state index >= 15 is 0 Å². The molecule has 1 aromatic rings. The number of esters is 1. The van der Waals surface area contributed by atoms with E-state index < -0.39 is 0 Å². The van der Waals surface area contributed by atoms with Gasteiger partial charge in [0.05, 0.1) is 18.9 Å². The van der Waals surface area contributed by atoms with Crippen LogP contribution in [0, 0.1) is 23.7 Å². The zero-order valence-electron chi connectivity index (χ0n) is 18.9. The summed E-state index contributed by atoms with van der Waals surface area (Å²) in [6, 6.07) is 10.6. The van der Waals surface area contributed by atoms with Gasteiger partial charge in [0.15, 0.2) is 0 Å². The second-order valence-electron chi connectivity index (χ2n) is 8.82. The monoisotopic (exact) mass is 429 g/mol. The summed E-state index contributed by atoms with van der Waals surface area (Å²) in [7, 11) is 3.04. The van der Waals surface area contributed by atoms with E-state index in [9.17, 15) is 9.59 Å². The van der Waals surface area contributed by atoms with Crippen LogP contribution < -0.4 is 0 Å². The van der Waals surface area contributed by atoms with Crippen molar-refractivity contribution in [1.82, 2.24) is 4.90 Å². The third-order valence-electron chi connectivity index (χ3n) is 6.92. The van der Waals surface area contributed by atoms with Gasteiger partial charge in [-0.15, -0.1) is 0 Å². The number of carbonyl (C=O) groups excluding carboxylic acids is 2. The zero-order valence-corrected chi connectivity index (χ0v) is 18.9. The van der Waals surface area contributed by atoms with E-state index in [1.165, 1.54) is 18.9 Å². The van der Waals surface area contributed by atoms with Crippen molar-refractivity contribution >= 4 is 12.4 Å². The number of piperidine rings is 1. The minimum absolute atomic E-state index is 0.223. The Hall–Kier alpha value is -2.34. The molecule has 1 saturated heterocycles. The third kappa shape index (κ3) is 5.88. The average molecular weight is 430 g/mol. The molecule has 2 fully saturated rings. The normalized spacial score (nSPS) is 27.8. The first-order chi connectivity index (χ1) is 15.1. The Balaban J connectivity index is 0.000000176. The minimum Gasteiger partial charge on any atom is -0.472 e. The fraction of sp³-hybridized carbons (Fsp3) is 0.600. The first kappa shape index (κ1) is 23.3. The lowest BCUT2D eigenvalue weighted by Crippen LogP contribution is -2.37. The molecular weight excluding hydrogens is 394 g/mol. The second-order valence-corrected chi connectivity index (χ2v) is 8.82. The number of nitrogens with zero attached hydrogens (tertiary/aromatic N) is 1. The Morgan fingerprint density at radius 2 is 1.84 bits per heavy atom. The molecule has 6 nitrogen and oxygen atoms in total. The molecule has 4 rings (SSSR count). The van der Waals surface area contributed by atoms with Crippen molar-refractivity contribution in [2.75, 3.05) is 27.3 Å². The second kappa shape index (κ2) is 11.3. The van der Waals surface area contributed by atoms with E-state index in [0.29, 0.717) is 11.5 Å². The highest BCUT2D eigenvalue weighted by atomic mass is 16.7. The summed E-state index contributed by atoms with van der Waals surface area (Å²) in [4.78, 5) is 24.0. The summed E-state index contributed by atoms with van der Waals surface area (Å²) in [5.41, 5.74) is 2.08. The van der Waals surface area contributed by atoms with Gasteiger partial charge in [-0.2, -0.15) is 0 Å². The molecule has 0 radical (unpaired) electrons. The molecule has 1 amide bonds. The highest BCUT2D eigenvalue weighted by Crippen LogP contribution is 2.46. The number of hydrogen-bond donors (Lipinski definition) is 0. The number of likely N-dealkylation sites (tertiary alicyclic amines) is 1. The molecule has 2 aliphatic heterocycles. The van der Waals surface area contributed by atoms with Crippen molar-refractivity contribution < 1.29 is 23.8 Å². The summed E-state index contributed by atoms with van der Waals surface area (Å²) in [5.74, 6) is 1.48. The molecule has 170 valence electrons. The summed E-state index contributed by atoms with van der Waals surface area (Å²) in [5, 5.41) is 0. The Morgan fingerprint density at radius 3 is 2.45 bits per heavy atom. The van der Waals surface area contributed by atoms with Crippen LogP contribution in [0.2, 0.25) is 0 Å². The molecule has 1 aliphatic carbocycles. The molecule has 0 N–H and O–H groups in total. The van der Waals surface area contributed by atoms with Gasteiger partial charge >= 0.3 is 5.97 Å². The predicted octanol–water partition coefficient (Wildman–Crippen LogP) is 3.81. The number of rotatable bonds is 5. The smallest absolute Gasteiger partial charge is 0.337 e. The Kier molecular flexibility index (Phi) is 8.52. The van der Waals surface area contributed by atoms with Gasteiger partial charge in [0, 0.05) is 32.0 Å². The Labute approximate surface area is 185 Å². The summed E-state index contributed by atoms with van der Waals surface area (Å²) in [6.07, 6.45) is 7.83. The van der Waals surface area contributed by atoms with Crippen LogP contribution in [0.4, 0.5) is 0 Å². The standard InChI is InChI=1S/C13H17NO.C12H18O4/c15-11-14-8-6-13(7-9-14)10-12-4-2-1-3-5-12;1-7-4-5-8-9(11(13)14-2)6-16-12(15-3)10(7)8/h1-5,11,13H,6-10H2;6-8,10,12H,4-5H2,1-3H3. The van der Waals surface area contributed by atoms with E-state index in [2.05, 4.69) is 37.3 Å². The molecule has 0 aromatic heterocycles. The van der Waals surface area contributed by atoms with E-state index in [1.54, 1.807) is 7.11 Å². The van der Waals surface area contributed by atoms with Gasteiger partial charge in [-0.05, 0) is 49.5 Å². The Morgan fingerprint density at radius 1 is 1.13 bits per heavy atom. The van der Waals surface area contributed by atoms with Gasteiger partial charge in [0.2, 0.25) is 12.7 Å². The molecule has 4 unspecified atom stereocenters. The molecule has 3 aliphatic rings. The minimum atomic E-state index is -0.279. The molecule has 6 heteroatoms. The number of benzene rings is 1. The van der Waals surface area contributed by atoms with Gasteiger partial charge in [0.1, 0.15) is 0 Å². The molecule has 0 bridgehead atoms. The maximum Gasteiger partial charge on any atom is 0.337 e. The molecule has 1 saturated carbocycles. The number of methoxy groups -OCH3 is 2. The number of ether oxygens (including phenoxy) is 3. The van der Waals surface area contributed by atoms with Crippen LogP contribution in [0.15, 0.2) is 42.2 Å². The largest absolute Gasteiger partial charge is 0.472 e.